The largest absolute Gasteiger partial charge is 0.496 e. The number of hydrogen-bond acceptors (Lipinski definition) is 3. The molecule has 2 aromatic heterocycles. The van der Waals surface area contributed by atoms with Gasteiger partial charge in [-0.1, -0.05) is 11.6 Å². The number of benzene rings is 1. The number of halogens is 1. The Morgan fingerprint density at radius 3 is 2.75 bits per heavy atom. The Morgan fingerprint density at radius 2 is 2.08 bits per heavy atom. The van der Waals surface area contributed by atoms with Crippen LogP contribution in [0.15, 0.2) is 59.5 Å². The molecule has 2 heterocycles. The van der Waals surface area contributed by atoms with E-state index in [1.165, 1.54) is 7.11 Å². The van der Waals surface area contributed by atoms with E-state index in [1.54, 1.807) is 18.4 Å². The molecule has 0 saturated carbocycles. The van der Waals surface area contributed by atoms with Gasteiger partial charge in [-0.05, 0) is 30.3 Å². The van der Waals surface area contributed by atoms with E-state index in [9.17, 15) is 4.79 Å². The summed E-state index contributed by atoms with van der Waals surface area (Å²) in [6, 6.07) is 10.9. The monoisotopic (exact) mass is 344 g/mol. The molecule has 0 bridgehead atoms. The number of carbonyl (C=O) groups excluding carboxylic acids is 1. The molecule has 3 rings (SSSR count). The maximum absolute atomic E-state index is 12.4. The molecular weight excluding hydrogens is 328 g/mol. The maximum atomic E-state index is 12.4. The van der Waals surface area contributed by atoms with Gasteiger partial charge in [-0.15, -0.1) is 0 Å². The van der Waals surface area contributed by atoms with Crippen molar-refractivity contribution in [3.63, 3.8) is 0 Å². The van der Waals surface area contributed by atoms with Gasteiger partial charge in [-0.25, -0.2) is 0 Å². The van der Waals surface area contributed by atoms with E-state index in [2.05, 4.69) is 5.32 Å². The van der Waals surface area contributed by atoms with Crippen LogP contribution >= 0.6 is 11.6 Å². The lowest BCUT2D eigenvalue weighted by atomic mass is 10.1. The van der Waals surface area contributed by atoms with Gasteiger partial charge in [-0.3, -0.25) is 4.79 Å². The van der Waals surface area contributed by atoms with Crippen molar-refractivity contribution in [1.82, 2.24) is 9.88 Å². The van der Waals surface area contributed by atoms with Crippen molar-refractivity contribution in [1.29, 1.82) is 0 Å². The topological polar surface area (TPSA) is 56.4 Å². The summed E-state index contributed by atoms with van der Waals surface area (Å²) in [6.45, 7) is 0.465. The van der Waals surface area contributed by atoms with Gasteiger partial charge < -0.3 is 19.0 Å². The van der Waals surface area contributed by atoms with Crippen LogP contribution in [0, 0.1) is 0 Å². The van der Waals surface area contributed by atoms with Gasteiger partial charge in [0.1, 0.15) is 11.5 Å². The third kappa shape index (κ3) is 3.46. The molecule has 3 aromatic rings. The van der Waals surface area contributed by atoms with Crippen LogP contribution in [-0.2, 0) is 6.42 Å². The Balaban J connectivity index is 1.76. The van der Waals surface area contributed by atoms with Crippen molar-refractivity contribution < 1.29 is 13.9 Å². The summed E-state index contributed by atoms with van der Waals surface area (Å²) in [6.07, 6.45) is 5.99. The Bertz CT molecular complexity index is 811. The minimum Gasteiger partial charge on any atom is -0.496 e. The predicted octanol–water partition coefficient (Wildman–Crippen LogP) is 3.70. The molecule has 0 atom stereocenters. The summed E-state index contributed by atoms with van der Waals surface area (Å²) in [4.78, 5) is 12.4. The molecule has 0 saturated heterocycles. The number of carbonyl (C=O) groups is 1. The number of nitrogens with one attached hydrogen (secondary N) is 1. The number of methoxy groups -OCH3 is 1. The Hall–Kier alpha value is -2.66. The van der Waals surface area contributed by atoms with Crippen LogP contribution in [0.3, 0.4) is 0 Å². The summed E-state index contributed by atoms with van der Waals surface area (Å²) in [5, 5.41) is 3.32. The van der Waals surface area contributed by atoms with Crippen molar-refractivity contribution in [2.45, 2.75) is 6.42 Å². The van der Waals surface area contributed by atoms with Crippen LogP contribution in [0.2, 0.25) is 5.02 Å². The summed E-state index contributed by atoms with van der Waals surface area (Å²) >= 11 is 6.34. The molecule has 24 heavy (non-hydrogen) atoms. The summed E-state index contributed by atoms with van der Waals surface area (Å²) in [5.41, 5.74) is 1.16. The lowest BCUT2D eigenvalue weighted by molar-refractivity contribution is 0.0950. The Labute approximate surface area is 144 Å². The Kier molecular flexibility index (Phi) is 4.91. The third-order valence-corrected chi connectivity index (χ3v) is 3.94. The summed E-state index contributed by atoms with van der Waals surface area (Å²) in [7, 11) is 1.53. The van der Waals surface area contributed by atoms with Crippen molar-refractivity contribution in [2.75, 3.05) is 13.7 Å². The molecule has 0 fully saturated rings. The highest BCUT2D eigenvalue weighted by Crippen LogP contribution is 2.29. The number of ether oxygens (including phenoxy) is 1. The SMILES string of the molecule is COc1cc(-n2cccc2)c(Cl)cc1C(=O)NCCc1ccco1. The lowest BCUT2D eigenvalue weighted by Crippen LogP contribution is -2.26. The van der Waals surface area contributed by atoms with E-state index in [4.69, 9.17) is 20.8 Å². The molecule has 0 spiro atoms. The average molecular weight is 345 g/mol. The van der Waals surface area contributed by atoms with E-state index in [0.717, 1.165) is 11.4 Å². The van der Waals surface area contributed by atoms with Crippen LogP contribution in [0.4, 0.5) is 0 Å². The van der Waals surface area contributed by atoms with Crippen molar-refractivity contribution in [3.05, 3.63) is 71.4 Å². The average Bonchev–Trinajstić information content (AvgIpc) is 3.28. The summed E-state index contributed by atoms with van der Waals surface area (Å²) < 4.78 is 12.5. The first-order valence-electron chi connectivity index (χ1n) is 7.50. The van der Waals surface area contributed by atoms with Gasteiger partial charge in [0.2, 0.25) is 0 Å². The molecule has 1 N–H and O–H groups in total. The number of hydrogen-bond donors (Lipinski definition) is 1. The van der Waals surface area contributed by atoms with Crippen molar-refractivity contribution >= 4 is 17.5 Å². The molecule has 0 aliphatic carbocycles. The molecule has 124 valence electrons. The molecule has 1 aromatic carbocycles. The lowest BCUT2D eigenvalue weighted by Gasteiger charge is -2.13. The molecule has 0 aliphatic heterocycles. The van der Waals surface area contributed by atoms with E-state index in [1.807, 2.05) is 41.2 Å². The van der Waals surface area contributed by atoms with Gasteiger partial charge in [-0.2, -0.15) is 0 Å². The molecule has 5 nitrogen and oxygen atoms in total. The smallest absolute Gasteiger partial charge is 0.255 e. The fourth-order valence-corrected chi connectivity index (χ4v) is 2.69. The third-order valence-electron chi connectivity index (χ3n) is 3.63. The van der Waals surface area contributed by atoms with Gasteiger partial charge in [0.05, 0.1) is 29.6 Å². The van der Waals surface area contributed by atoms with E-state index >= 15 is 0 Å². The number of aromatic nitrogens is 1. The van der Waals surface area contributed by atoms with Crippen molar-refractivity contribution in [3.8, 4) is 11.4 Å². The first-order chi connectivity index (χ1) is 11.7. The molecular formula is C18H17ClN2O3. The molecule has 0 unspecified atom stereocenters. The minimum atomic E-state index is -0.237. The normalized spacial score (nSPS) is 10.6. The van der Waals surface area contributed by atoms with Crippen LogP contribution in [0.1, 0.15) is 16.1 Å². The number of nitrogens with zero attached hydrogens (tertiary/aromatic N) is 1. The highest BCUT2D eigenvalue weighted by atomic mass is 35.5. The second-order valence-electron chi connectivity index (χ2n) is 5.18. The van der Waals surface area contributed by atoms with Gasteiger partial charge >= 0.3 is 0 Å². The zero-order valence-corrected chi connectivity index (χ0v) is 13.9. The van der Waals surface area contributed by atoms with E-state index in [0.29, 0.717) is 29.3 Å². The molecule has 6 heteroatoms. The molecule has 1 amide bonds. The van der Waals surface area contributed by atoms with Crippen LogP contribution in [0.5, 0.6) is 5.75 Å². The van der Waals surface area contributed by atoms with Crippen LogP contribution in [-0.4, -0.2) is 24.1 Å². The van der Waals surface area contributed by atoms with Crippen LogP contribution < -0.4 is 10.1 Å². The van der Waals surface area contributed by atoms with E-state index in [-0.39, 0.29) is 5.91 Å². The van der Waals surface area contributed by atoms with Gasteiger partial charge in [0.15, 0.2) is 0 Å². The standard InChI is InChI=1S/C18H17ClN2O3/c1-23-17-12-16(21-8-2-3-9-21)15(19)11-14(17)18(22)20-7-6-13-5-4-10-24-13/h2-5,8-12H,6-7H2,1H3,(H,20,22). The highest BCUT2D eigenvalue weighted by Gasteiger charge is 2.16. The number of amides is 1. The number of furan rings is 1. The number of rotatable bonds is 6. The molecule has 0 aliphatic rings. The van der Waals surface area contributed by atoms with Gasteiger partial charge in [0.25, 0.3) is 5.91 Å². The first kappa shape index (κ1) is 16.2. The highest BCUT2D eigenvalue weighted by molar-refractivity contribution is 6.33. The Morgan fingerprint density at radius 1 is 1.29 bits per heavy atom. The zero-order valence-electron chi connectivity index (χ0n) is 13.2. The van der Waals surface area contributed by atoms with Gasteiger partial charge in [0, 0.05) is 31.4 Å². The fourth-order valence-electron chi connectivity index (χ4n) is 2.43. The van der Waals surface area contributed by atoms with Crippen LogP contribution in [0.25, 0.3) is 5.69 Å². The quantitative estimate of drug-likeness (QED) is 0.741. The summed E-state index contributed by atoms with van der Waals surface area (Å²) in [5.74, 6) is 1.06. The van der Waals surface area contributed by atoms with Crippen molar-refractivity contribution in [2.24, 2.45) is 0 Å². The fraction of sp³-hybridized carbons (Fsp3) is 0.167. The second-order valence-corrected chi connectivity index (χ2v) is 5.59. The maximum Gasteiger partial charge on any atom is 0.255 e. The molecule has 0 radical (unpaired) electrons. The second kappa shape index (κ2) is 7.27. The zero-order chi connectivity index (χ0) is 16.9. The minimum absolute atomic E-state index is 0.237. The van der Waals surface area contributed by atoms with E-state index < -0.39 is 0 Å². The predicted molar refractivity (Wildman–Crippen MR) is 92.1 cm³/mol. The first-order valence-corrected chi connectivity index (χ1v) is 7.88.